The van der Waals surface area contributed by atoms with Gasteiger partial charge in [-0.15, -0.1) is 0 Å². The molecule has 1 fully saturated rings. The molecule has 3 rings (SSSR count). The first-order valence-corrected chi connectivity index (χ1v) is 8.94. The van der Waals surface area contributed by atoms with Crippen LogP contribution in [0.15, 0.2) is 34.2 Å². The van der Waals surface area contributed by atoms with E-state index in [1.807, 2.05) is 23.6 Å². The lowest BCUT2D eigenvalue weighted by molar-refractivity contribution is -0.125. The van der Waals surface area contributed by atoms with Crippen LogP contribution in [-0.2, 0) is 9.53 Å². The van der Waals surface area contributed by atoms with Crippen molar-refractivity contribution < 1.29 is 19.0 Å². The maximum Gasteiger partial charge on any atom is 0.232 e. The number of thioether (sulfide) groups is 1. The second kappa shape index (κ2) is 7.84. The van der Waals surface area contributed by atoms with E-state index in [4.69, 9.17) is 19.6 Å². The van der Waals surface area contributed by atoms with Crippen LogP contribution in [0.4, 0.5) is 0 Å². The Balaban J connectivity index is 1.79. The molecule has 7 nitrogen and oxygen atoms in total. The first-order valence-electron chi connectivity index (χ1n) is 8.06. The highest BCUT2D eigenvalue weighted by molar-refractivity contribution is 8.06. The van der Waals surface area contributed by atoms with Crippen molar-refractivity contribution in [2.24, 2.45) is 0 Å². The number of ether oxygens (including phenoxy) is 3. The average Bonchev–Trinajstić information content (AvgIpc) is 3.24. The molecule has 1 saturated heterocycles. The monoisotopic (exact) mass is 375 g/mol. The fraction of sp³-hybridized carbons (Fsp3) is 0.333. The van der Waals surface area contributed by atoms with Crippen molar-refractivity contribution >= 4 is 29.2 Å². The van der Waals surface area contributed by atoms with Crippen molar-refractivity contribution in [2.75, 3.05) is 34.5 Å². The number of likely N-dealkylation sites (tertiary alicyclic amines) is 1. The number of hydrogen-bond donors (Lipinski definition) is 2. The molecular weight excluding hydrogens is 354 g/mol. The van der Waals surface area contributed by atoms with Crippen LogP contribution in [0.1, 0.15) is 12.0 Å². The van der Waals surface area contributed by atoms with E-state index in [1.54, 1.807) is 21.3 Å². The van der Waals surface area contributed by atoms with E-state index in [2.05, 4.69) is 5.32 Å². The van der Waals surface area contributed by atoms with Gasteiger partial charge in [0.2, 0.25) is 5.91 Å². The first kappa shape index (κ1) is 18.3. The Morgan fingerprint density at radius 1 is 1.23 bits per heavy atom. The molecule has 1 amide bonds. The third kappa shape index (κ3) is 3.42. The number of carbonyl (C=O) groups excluding carboxylic acids is 1. The van der Waals surface area contributed by atoms with E-state index in [1.165, 1.54) is 16.7 Å². The van der Waals surface area contributed by atoms with Gasteiger partial charge in [0.15, 0.2) is 11.5 Å². The molecule has 0 saturated carbocycles. The van der Waals surface area contributed by atoms with Crippen LogP contribution in [0.25, 0.3) is 5.70 Å². The number of amidine groups is 1. The fourth-order valence-corrected chi connectivity index (χ4v) is 3.73. The molecule has 26 heavy (non-hydrogen) atoms. The maximum atomic E-state index is 12.2. The molecule has 138 valence electrons. The van der Waals surface area contributed by atoms with E-state index in [9.17, 15) is 4.79 Å². The van der Waals surface area contributed by atoms with E-state index >= 15 is 0 Å². The summed E-state index contributed by atoms with van der Waals surface area (Å²) in [5.74, 6) is 1.48. The second-order valence-electron chi connectivity index (χ2n) is 5.72. The topological polar surface area (TPSA) is 83.9 Å². The molecule has 1 aromatic rings. The number of hydrogen-bond acceptors (Lipinski definition) is 7. The number of nitrogens with one attached hydrogen (secondary N) is 2. The Morgan fingerprint density at radius 3 is 2.69 bits per heavy atom. The van der Waals surface area contributed by atoms with Crippen LogP contribution in [-0.4, -0.2) is 51.1 Å². The second-order valence-corrected chi connectivity index (χ2v) is 6.60. The van der Waals surface area contributed by atoms with Gasteiger partial charge in [0, 0.05) is 23.7 Å². The highest BCUT2D eigenvalue weighted by atomic mass is 32.2. The minimum absolute atomic E-state index is 0.0727. The van der Waals surface area contributed by atoms with Crippen molar-refractivity contribution in [3.63, 3.8) is 0 Å². The molecule has 2 heterocycles. The van der Waals surface area contributed by atoms with Crippen LogP contribution in [0, 0.1) is 5.41 Å². The normalized spacial score (nSPS) is 19.7. The van der Waals surface area contributed by atoms with Gasteiger partial charge in [-0.2, -0.15) is 0 Å². The van der Waals surface area contributed by atoms with Crippen LogP contribution in [0.2, 0.25) is 0 Å². The zero-order valence-electron chi connectivity index (χ0n) is 14.9. The summed E-state index contributed by atoms with van der Waals surface area (Å²) in [6.45, 7) is 0.804. The van der Waals surface area contributed by atoms with Gasteiger partial charge in [-0.05, 0) is 18.2 Å². The molecule has 2 N–H and O–H groups in total. The lowest BCUT2D eigenvalue weighted by atomic mass is 10.1. The predicted molar refractivity (Wildman–Crippen MR) is 101 cm³/mol. The van der Waals surface area contributed by atoms with Crippen LogP contribution >= 0.6 is 11.8 Å². The first-order chi connectivity index (χ1) is 12.6. The molecule has 0 aromatic heterocycles. The molecular formula is C18H21N3O4S. The molecule has 0 atom stereocenters. The third-order valence-corrected chi connectivity index (χ3v) is 5.15. The van der Waals surface area contributed by atoms with Gasteiger partial charge in [0.05, 0.1) is 44.5 Å². The Bertz CT molecular complexity index is 804. The number of benzene rings is 1. The lowest BCUT2D eigenvalue weighted by Crippen LogP contribution is -2.32. The van der Waals surface area contributed by atoms with E-state index in [-0.39, 0.29) is 18.2 Å². The molecule has 8 heteroatoms. The predicted octanol–water partition coefficient (Wildman–Crippen LogP) is 2.41. The third-order valence-electron chi connectivity index (χ3n) is 4.22. The van der Waals surface area contributed by atoms with Crippen LogP contribution in [0.3, 0.4) is 0 Å². The van der Waals surface area contributed by atoms with Crippen molar-refractivity contribution in [1.29, 1.82) is 5.41 Å². The van der Waals surface area contributed by atoms with Crippen molar-refractivity contribution in [3.05, 3.63) is 39.8 Å². The summed E-state index contributed by atoms with van der Waals surface area (Å²) in [7, 11) is 4.78. The summed E-state index contributed by atoms with van der Waals surface area (Å²) < 4.78 is 15.6. The molecule has 2 aliphatic heterocycles. The zero-order valence-corrected chi connectivity index (χ0v) is 15.7. The van der Waals surface area contributed by atoms with Gasteiger partial charge >= 0.3 is 0 Å². The summed E-state index contributed by atoms with van der Waals surface area (Å²) >= 11 is 1.48. The van der Waals surface area contributed by atoms with Crippen LogP contribution in [0.5, 0.6) is 11.5 Å². The SMILES string of the molecule is COCCN1C(=N)/C(=C2\NC(c3ccc(OC)c(OC)c3)=CS2)CC1=O. The largest absolute Gasteiger partial charge is 0.493 e. The quantitative estimate of drug-likeness (QED) is 0.794. The summed E-state index contributed by atoms with van der Waals surface area (Å²) in [5.41, 5.74) is 2.55. The smallest absolute Gasteiger partial charge is 0.232 e. The van der Waals surface area contributed by atoms with Gasteiger partial charge in [0.25, 0.3) is 0 Å². The van der Waals surface area contributed by atoms with Gasteiger partial charge < -0.3 is 19.5 Å². The Morgan fingerprint density at radius 2 is 2.00 bits per heavy atom. The van der Waals surface area contributed by atoms with Gasteiger partial charge in [-0.25, -0.2) is 0 Å². The minimum Gasteiger partial charge on any atom is -0.493 e. The van der Waals surface area contributed by atoms with Crippen molar-refractivity contribution in [1.82, 2.24) is 10.2 Å². The van der Waals surface area contributed by atoms with Crippen LogP contribution < -0.4 is 14.8 Å². The molecule has 0 radical (unpaired) electrons. The van der Waals surface area contributed by atoms with E-state index in [0.29, 0.717) is 30.2 Å². The van der Waals surface area contributed by atoms with Gasteiger partial charge in [0.1, 0.15) is 5.84 Å². The fourth-order valence-electron chi connectivity index (χ4n) is 2.81. The Labute approximate surface area is 156 Å². The minimum atomic E-state index is -0.0727. The molecule has 1 aromatic carbocycles. The molecule has 0 bridgehead atoms. The maximum absolute atomic E-state index is 12.2. The zero-order chi connectivity index (χ0) is 18.7. The Kier molecular flexibility index (Phi) is 5.53. The molecule has 0 unspecified atom stereocenters. The van der Waals surface area contributed by atoms with Crippen molar-refractivity contribution in [3.8, 4) is 11.5 Å². The summed E-state index contributed by atoms with van der Waals surface area (Å²) in [4.78, 5) is 13.6. The number of carbonyl (C=O) groups is 1. The summed E-state index contributed by atoms with van der Waals surface area (Å²) in [5, 5.41) is 14.4. The van der Waals surface area contributed by atoms with E-state index in [0.717, 1.165) is 16.3 Å². The Hall–Kier alpha value is -2.45. The number of nitrogens with zero attached hydrogens (tertiary/aromatic N) is 1. The lowest BCUT2D eigenvalue weighted by Gasteiger charge is -2.15. The molecule has 0 aliphatic carbocycles. The standard InChI is InChI=1S/C18H21N3O4S/c1-23-7-6-21-16(22)9-12(17(21)19)18-20-13(10-26-18)11-4-5-14(24-2)15(8-11)25-3/h4-5,8,10,19-20H,6-7,9H2,1-3H3/b18-12+,19-17?. The average molecular weight is 375 g/mol. The van der Waals surface area contributed by atoms with Crippen molar-refractivity contribution in [2.45, 2.75) is 6.42 Å². The summed E-state index contributed by atoms with van der Waals surface area (Å²) in [6.07, 6.45) is 0.227. The number of amides is 1. The molecule has 2 aliphatic rings. The number of methoxy groups -OCH3 is 3. The summed E-state index contributed by atoms with van der Waals surface area (Å²) in [6, 6.07) is 5.67. The highest BCUT2D eigenvalue weighted by Gasteiger charge is 2.34. The number of rotatable bonds is 6. The highest BCUT2D eigenvalue weighted by Crippen LogP contribution is 2.37. The van der Waals surface area contributed by atoms with E-state index < -0.39 is 0 Å². The molecule has 0 spiro atoms. The van der Waals surface area contributed by atoms with Gasteiger partial charge in [-0.3, -0.25) is 15.1 Å². The van der Waals surface area contributed by atoms with Gasteiger partial charge in [-0.1, -0.05) is 11.8 Å².